The molecule has 1 saturated heterocycles. The van der Waals surface area contributed by atoms with E-state index in [1.807, 2.05) is 30.3 Å². The van der Waals surface area contributed by atoms with E-state index < -0.39 is 41.8 Å². The third kappa shape index (κ3) is 6.29. The van der Waals surface area contributed by atoms with Gasteiger partial charge in [0.15, 0.2) is 0 Å². The molecule has 0 aromatic heterocycles. The van der Waals surface area contributed by atoms with Crippen molar-refractivity contribution in [3.63, 3.8) is 0 Å². The topological polar surface area (TPSA) is 125 Å². The summed E-state index contributed by atoms with van der Waals surface area (Å²) in [5, 5.41) is 17.5. The number of hydrogen-bond acceptors (Lipinski definition) is 4. The molecule has 0 unspecified atom stereocenters. The van der Waals surface area contributed by atoms with Gasteiger partial charge in [0.05, 0.1) is 6.42 Å². The minimum atomic E-state index is -1.21. The van der Waals surface area contributed by atoms with E-state index in [1.165, 1.54) is 0 Å². The predicted octanol–water partition coefficient (Wildman–Crippen LogP) is 1.07. The number of rotatable bonds is 8. The third-order valence-corrected chi connectivity index (χ3v) is 5.18. The normalized spacial score (nSPS) is 19.1. The van der Waals surface area contributed by atoms with Gasteiger partial charge in [0.2, 0.25) is 17.7 Å². The Hall–Kier alpha value is -3.39. The Morgan fingerprint density at radius 3 is 2.19 bits per heavy atom. The van der Waals surface area contributed by atoms with Gasteiger partial charge in [0, 0.05) is 17.9 Å². The zero-order valence-electron chi connectivity index (χ0n) is 16.5. The molecule has 1 heterocycles. The van der Waals surface area contributed by atoms with Crippen molar-refractivity contribution in [3.8, 4) is 0 Å². The second-order valence-electron chi connectivity index (χ2n) is 7.31. The lowest BCUT2D eigenvalue weighted by Crippen LogP contribution is -2.63. The van der Waals surface area contributed by atoms with Crippen molar-refractivity contribution < 1.29 is 24.3 Å². The van der Waals surface area contributed by atoms with Gasteiger partial charge < -0.3 is 21.1 Å². The van der Waals surface area contributed by atoms with Gasteiger partial charge in [-0.3, -0.25) is 14.4 Å². The van der Waals surface area contributed by atoms with Gasteiger partial charge in [-0.15, -0.1) is 0 Å². The number of carboxylic acids is 1. The first-order valence-electron chi connectivity index (χ1n) is 9.73. The monoisotopic (exact) mass is 443 g/mol. The van der Waals surface area contributed by atoms with Crippen molar-refractivity contribution >= 4 is 35.3 Å². The summed E-state index contributed by atoms with van der Waals surface area (Å²) in [6.07, 6.45) is 0.0279. The lowest BCUT2D eigenvalue weighted by atomic mass is 10.0. The average molecular weight is 444 g/mol. The molecule has 2 aromatic rings. The number of nitrogens with one attached hydrogen (secondary N) is 3. The van der Waals surface area contributed by atoms with Crippen LogP contribution in [0.15, 0.2) is 54.6 Å². The zero-order valence-corrected chi connectivity index (χ0v) is 17.3. The van der Waals surface area contributed by atoms with Crippen molar-refractivity contribution in [1.82, 2.24) is 16.0 Å². The lowest BCUT2D eigenvalue weighted by Gasteiger charge is -2.29. The zero-order chi connectivity index (χ0) is 22.4. The molecule has 0 aliphatic carbocycles. The Morgan fingerprint density at radius 2 is 1.55 bits per heavy atom. The van der Waals surface area contributed by atoms with E-state index in [4.69, 9.17) is 11.6 Å². The molecule has 0 spiro atoms. The number of piperazine rings is 1. The van der Waals surface area contributed by atoms with Crippen LogP contribution < -0.4 is 16.0 Å². The molecule has 9 heteroatoms. The summed E-state index contributed by atoms with van der Waals surface area (Å²) in [4.78, 5) is 48.7. The summed E-state index contributed by atoms with van der Waals surface area (Å²) in [5.74, 6) is -2.73. The SMILES string of the molecule is O=C(C[C@@H]1NC(=O)[C@H](Cc2ccccc2)NC1=O)N[C@H](Cc1ccc(Cl)cc1)C(=O)O. The fraction of sp³-hybridized carbons (Fsp3) is 0.273. The number of hydrogen-bond donors (Lipinski definition) is 4. The van der Waals surface area contributed by atoms with Crippen molar-refractivity contribution in [2.75, 3.05) is 0 Å². The Balaban J connectivity index is 1.55. The quantitative estimate of drug-likeness (QED) is 0.485. The van der Waals surface area contributed by atoms with Crippen LogP contribution in [0.4, 0.5) is 0 Å². The Bertz CT molecular complexity index is 965. The minimum Gasteiger partial charge on any atom is -0.480 e. The van der Waals surface area contributed by atoms with Crippen molar-refractivity contribution in [2.24, 2.45) is 0 Å². The highest BCUT2D eigenvalue weighted by atomic mass is 35.5. The van der Waals surface area contributed by atoms with Crippen LogP contribution in [0.1, 0.15) is 17.5 Å². The first kappa shape index (κ1) is 22.3. The summed E-state index contributed by atoms with van der Waals surface area (Å²) in [7, 11) is 0. The molecule has 3 rings (SSSR count). The van der Waals surface area contributed by atoms with Gasteiger partial charge in [0.25, 0.3) is 0 Å². The smallest absolute Gasteiger partial charge is 0.326 e. The van der Waals surface area contributed by atoms with E-state index >= 15 is 0 Å². The van der Waals surface area contributed by atoms with E-state index in [9.17, 15) is 24.3 Å². The lowest BCUT2D eigenvalue weighted by molar-refractivity contribution is -0.142. The fourth-order valence-corrected chi connectivity index (χ4v) is 3.43. The average Bonchev–Trinajstić information content (AvgIpc) is 2.73. The summed E-state index contributed by atoms with van der Waals surface area (Å²) in [6.45, 7) is 0. The maximum absolute atomic E-state index is 12.4. The maximum atomic E-state index is 12.4. The van der Waals surface area contributed by atoms with Gasteiger partial charge >= 0.3 is 5.97 Å². The fourth-order valence-electron chi connectivity index (χ4n) is 3.31. The molecule has 0 bridgehead atoms. The van der Waals surface area contributed by atoms with Crippen LogP contribution in [0, 0.1) is 0 Å². The highest BCUT2D eigenvalue weighted by Gasteiger charge is 2.35. The molecule has 31 heavy (non-hydrogen) atoms. The van der Waals surface area contributed by atoms with Crippen molar-refractivity contribution in [1.29, 1.82) is 0 Å². The molecule has 1 aliphatic rings. The highest BCUT2D eigenvalue weighted by molar-refractivity contribution is 6.30. The van der Waals surface area contributed by atoms with Crippen molar-refractivity contribution in [3.05, 3.63) is 70.7 Å². The van der Waals surface area contributed by atoms with E-state index in [2.05, 4.69) is 16.0 Å². The number of amides is 3. The second-order valence-corrected chi connectivity index (χ2v) is 7.74. The van der Waals surface area contributed by atoms with Gasteiger partial charge in [-0.05, 0) is 23.3 Å². The molecule has 3 amide bonds. The number of carboxylic acid groups (broad SMARTS) is 1. The molecule has 0 radical (unpaired) electrons. The largest absolute Gasteiger partial charge is 0.480 e. The third-order valence-electron chi connectivity index (χ3n) is 4.92. The molecule has 4 N–H and O–H groups in total. The number of benzene rings is 2. The molecule has 3 atom stereocenters. The predicted molar refractivity (Wildman–Crippen MR) is 113 cm³/mol. The molecular weight excluding hydrogens is 422 g/mol. The van der Waals surface area contributed by atoms with Crippen LogP contribution in [0.25, 0.3) is 0 Å². The first-order chi connectivity index (χ1) is 14.8. The summed E-state index contributed by atoms with van der Waals surface area (Å²) >= 11 is 5.83. The second kappa shape index (κ2) is 10.1. The van der Waals surface area contributed by atoms with Crippen molar-refractivity contribution in [2.45, 2.75) is 37.4 Å². The van der Waals surface area contributed by atoms with E-state index in [1.54, 1.807) is 24.3 Å². The van der Waals surface area contributed by atoms with Crippen LogP contribution >= 0.6 is 11.6 Å². The molecule has 0 saturated carbocycles. The Kier molecular flexibility index (Phi) is 7.25. The van der Waals surface area contributed by atoms with Crippen LogP contribution in [0.5, 0.6) is 0 Å². The Morgan fingerprint density at radius 1 is 0.935 bits per heavy atom. The summed E-state index contributed by atoms with van der Waals surface area (Å²) in [6, 6.07) is 12.9. The number of halogens is 1. The van der Waals surface area contributed by atoms with Gasteiger partial charge in [-0.1, -0.05) is 54.1 Å². The minimum absolute atomic E-state index is 0.0562. The Labute approximate surface area is 184 Å². The van der Waals surface area contributed by atoms with Gasteiger partial charge in [0.1, 0.15) is 18.1 Å². The van der Waals surface area contributed by atoms with E-state index in [0.717, 1.165) is 5.56 Å². The van der Waals surface area contributed by atoms with E-state index in [0.29, 0.717) is 17.0 Å². The highest BCUT2D eigenvalue weighted by Crippen LogP contribution is 2.12. The molecule has 2 aromatic carbocycles. The molecule has 8 nitrogen and oxygen atoms in total. The number of aliphatic carboxylic acids is 1. The van der Waals surface area contributed by atoms with E-state index in [-0.39, 0.29) is 12.8 Å². The van der Waals surface area contributed by atoms with Crippen LogP contribution in [0.3, 0.4) is 0 Å². The van der Waals surface area contributed by atoms with Gasteiger partial charge in [-0.2, -0.15) is 0 Å². The standard InChI is InChI=1S/C22H22ClN3O5/c23-15-8-6-14(7-9-15)11-18(22(30)31)24-19(27)12-17-21(29)25-16(20(28)26-17)10-13-4-2-1-3-5-13/h1-9,16-18H,10-12H2,(H,24,27)(H,25,29)(H,26,28)(H,30,31)/t16-,17-,18+/m0/s1. The molecule has 1 fully saturated rings. The first-order valence-corrected chi connectivity index (χ1v) is 10.1. The summed E-state index contributed by atoms with van der Waals surface area (Å²) in [5.41, 5.74) is 1.58. The molecule has 1 aliphatic heterocycles. The maximum Gasteiger partial charge on any atom is 0.326 e. The number of carbonyl (C=O) groups excluding carboxylic acids is 3. The molecular formula is C22H22ClN3O5. The van der Waals surface area contributed by atoms with Crippen LogP contribution in [0.2, 0.25) is 5.02 Å². The van der Waals surface area contributed by atoms with Crippen LogP contribution in [-0.4, -0.2) is 46.9 Å². The molecule has 162 valence electrons. The van der Waals surface area contributed by atoms with Gasteiger partial charge in [-0.25, -0.2) is 4.79 Å². The van der Waals surface area contributed by atoms with Crippen LogP contribution in [-0.2, 0) is 32.0 Å². The number of carbonyl (C=O) groups is 4. The summed E-state index contributed by atoms with van der Waals surface area (Å²) < 4.78 is 0.